The molecule has 0 aliphatic rings. The van der Waals surface area contributed by atoms with Gasteiger partial charge in [-0.3, -0.25) is 14.2 Å². The normalized spacial score (nSPS) is 11.4. The number of imidazole rings is 1. The van der Waals surface area contributed by atoms with Crippen molar-refractivity contribution in [3.63, 3.8) is 0 Å². The highest BCUT2D eigenvalue weighted by Gasteiger charge is 2.20. The van der Waals surface area contributed by atoms with Gasteiger partial charge < -0.3 is 9.88 Å². The lowest BCUT2D eigenvalue weighted by Gasteiger charge is -2.14. The summed E-state index contributed by atoms with van der Waals surface area (Å²) >= 11 is 0. The fraction of sp³-hybridized carbons (Fsp3) is 0.429. The van der Waals surface area contributed by atoms with Crippen LogP contribution >= 0.6 is 0 Å². The van der Waals surface area contributed by atoms with Crippen LogP contribution in [0.25, 0.3) is 11.2 Å². The lowest BCUT2D eigenvalue weighted by Crippen LogP contribution is -2.43. The van der Waals surface area contributed by atoms with Crippen molar-refractivity contribution in [3.05, 3.63) is 57.2 Å². The van der Waals surface area contributed by atoms with Crippen LogP contribution in [0.15, 0.2) is 40.2 Å². The van der Waals surface area contributed by atoms with Crippen molar-refractivity contribution in [3.8, 4) is 0 Å². The van der Waals surface area contributed by atoms with Gasteiger partial charge in [-0.15, -0.1) is 0 Å². The van der Waals surface area contributed by atoms with E-state index in [2.05, 4.69) is 10.3 Å². The second-order valence-electron chi connectivity index (χ2n) is 7.70. The summed E-state index contributed by atoms with van der Waals surface area (Å²) in [5, 5.41) is 2.53. The van der Waals surface area contributed by atoms with Crippen LogP contribution in [-0.2, 0) is 24.4 Å². The molecule has 30 heavy (non-hydrogen) atoms. The van der Waals surface area contributed by atoms with Gasteiger partial charge in [0.2, 0.25) is 5.91 Å². The van der Waals surface area contributed by atoms with Crippen LogP contribution in [-0.4, -0.2) is 24.6 Å². The molecule has 0 bridgehead atoms. The molecule has 9 heteroatoms. The third kappa shape index (κ3) is 4.50. The number of anilines is 1. The molecule has 2 heterocycles. The zero-order chi connectivity index (χ0) is 21.8. The molecule has 3 rings (SSSR count). The Kier molecular flexibility index (Phi) is 6.49. The van der Waals surface area contributed by atoms with E-state index < -0.39 is 29.5 Å². The zero-order valence-corrected chi connectivity index (χ0v) is 17.4. The Morgan fingerprint density at radius 3 is 2.67 bits per heavy atom. The molecule has 0 unspecified atom stereocenters. The lowest BCUT2D eigenvalue weighted by molar-refractivity contribution is -0.116. The van der Waals surface area contributed by atoms with Crippen molar-refractivity contribution in [2.75, 3.05) is 5.32 Å². The Morgan fingerprint density at radius 1 is 1.23 bits per heavy atom. The second-order valence-corrected chi connectivity index (χ2v) is 7.70. The second kappa shape index (κ2) is 9.06. The van der Waals surface area contributed by atoms with E-state index in [9.17, 15) is 18.8 Å². The standard InChI is InChI=1S/C21H26FN5O3/c1-4-5-9-25-13-23-19-18(25)20(29)27(21(30)26(19)11-14(2)3)12-17(28)24-16-8-6-7-15(22)10-16/h6-8,10,13-14H,4-5,9,11-12H2,1-3H3,(H,24,28). The third-order valence-corrected chi connectivity index (χ3v) is 4.69. The summed E-state index contributed by atoms with van der Waals surface area (Å²) < 4.78 is 17.5. The Bertz CT molecular complexity index is 1180. The number of carbonyl (C=O) groups is 1. The number of nitrogens with one attached hydrogen (secondary N) is 1. The average molecular weight is 415 g/mol. The largest absolute Gasteiger partial charge is 0.333 e. The van der Waals surface area contributed by atoms with Gasteiger partial charge in [-0.05, 0) is 30.5 Å². The molecular weight excluding hydrogens is 389 g/mol. The summed E-state index contributed by atoms with van der Waals surface area (Å²) in [4.78, 5) is 43.0. The minimum absolute atomic E-state index is 0.138. The van der Waals surface area contributed by atoms with Crippen LogP contribution in [0, 0.1) is 11.7 Å². The molecule has 0 saturated carbocycles. The first-order valence-electron chi connectivity index (χ1n) is 10.1. The van der Waals surface area contributed by atoms with Crippen LogP contribution in [0.1, 0.15) is 33.6 Å². The minimum Gasteiger partial charge on any atom is -0.325 e. The van der Waals surface area contributed by atoms with Gasteiger partial charge in [-0.25, -0.2) is 18.7 Å². The van der Waals surface area contributed by atoms with E-state index in [1.807, 2.05) is 20.8 Å². The summed E-state index contributed by atoms with van der Waals surface area (Å²) in [5.41, 5.74) is -0.252. The number of nitrogens with zero attached hydrogens (tertiary/aromatic N) is 4. The van der Waals surface area contributed by atoms with Gasteiger partial charge in [0.25, 0.3) is 5.56 Å². The lowest BCUT2D eigenvalue weighted by atomic mass is 10.2. The molecule has 1 amide bonds. The molecule has 8 nitrogen and oxygen atoms in total. The highest BCUT2D eigenvalue weighted by molar-refractivity contribution is 5.90. The van der Waals surface area contributed by atoms with E-state index in [1.54, 1.807) is 10.9 Å². The molecule has 0 aliphatic heterocycles. The predicted octanol–water partition coefficient (Wildman–Crippen LogP) is 2.59. The van der Waals surface area contributed by atoms with Gasteiger partial charge in [-0.2, -0.15) is 0 Å². The third-order valence-electron chi connectivity index (χ3n) is 4.69. The molecule has 0 fully saturated rings. The number of aryl methyl sites for hydroxylation is 1. The highest BCUT2D eigenvalue weighted by Crippen LogP contribution is 2.11. The molecular formula is C21H26FN5O3. The number of rotatable bonds is 8. The quantitative estimate of drug-likeness (QED) is 0.612. The molecule has 0 saturated heterocycles. The maximum absolute atomic E-state index is 13.4. The molecule has 0 atom stereocenters. The maximum atomic E-state index is 13.4. The van der Waals surface area contributed by atoms with Crippen LogP contribution in [0.4, 0.5) is 10.1 Å². The van der Waals surface area contributed by atoms with Crippen molar-refractivity contribution in [2.24, 2.45) is 5.92 Å². The van der Waals surface area contributed by atoms with Gasteiger partial charge in [0.1, 0.15) is 12.4 Å². The van der Waals surface area contributed by atoms with Crippen LogP contribution in [0.3, 0.4) is 0 Å². The SMILES string of the molecule is CCCCn1cnc2c1c(=O)n(CC(=O)Nc1cccc(F)c1)c(=O)n2CC(C)C. The Hall–Kier alpha value is -3.23. The van der Waals surface area contributed by atoms with E-state index in [-0.39, 0.29) is 11.6 Å². The van der Waals surface area contributed by atoms with E-state index in [0.717, 1.165) is 17.4 Å². The van der Waals surface area contributed by atoms with Crippen molar-refractivity contribution < 1.29 is 9.18 Å². The number of unbranched alkanes of at least 4 members (excludes halogenated alkanes) is 1. The molecule has 0 radical (unpaired) electrons. The summed E-state index contributed by atoms with van der Waals surface area (Å²) in [7, 11) is 0. The first-order valence-corrected chi connectivity index (χ1v) is 10.1. The van der Waals surface area contributed by atoms with Crippen molar-refractivity contribution in [1.82, 2.24) is 18.7 Å². The maximum Gasteiger partial charge on any atom is 0.333 e. The molecule has 3 aromatic rings. The smallest absolute Gasteiger partial charge is 0.325 e. The molecule has 160 valence electrons. The number of aromatic nitrogens is 4. The predicted molar refractivity (Wildman–Crippen MR) is 113 cm³/mol. The number of amides is 1. The Morgan fingerprint density at radius 2 is 2.00 bits per heavy atom. The summed E-state index contributed by atoms with van der Waals surface area (Å²) in [5.74, 6) is -0.945. The van der Waals surface area contributed by atoms with Gasteiger partial charge >= 0.3 is 5.69 Å². The first-order chi connectivity index (χ1) is 14.3. The van der Waals surface area contributed by atoms with Crippen molar-refractivity contribution in [2.45, 2.75) is 53.2 Å². The first kappa shape index (κ1) is 21.5. The van der Waals surface area contributed by atoms with Crippen LogP contribution in [0.2, 0.25) is 0 Å². The van der Waals surface area contributed by atoms with Gasteiger partial charge in [0.15, 0.2) is 11.2 Å². The zero-order valence-electron chi connectivity index (χ0n) is 17.4. The number of hydrogen-bond donors (Lipinski definition) is 1. The van der Waals surface area contributed by atoms with Crippen LogP contribution < -0.4 is 16.6 Å². The van der Waals surface area contributed by atoms with E-state index in [4.69, 9.17) is 0 Å². The Balaban J connectivity index is 2.05. The fourth-order valence-corrected chi connectivity index (χ4v) is 3.32. The number of fused-ring (bicyclic) bond motifs is 1. The molecule has 1 aromatic carbocycles. The summed E-state index contributed by atoms with van der Waals surface area (Å²) in [6, 6.07) is 5.42. The average Bonchev–Trinajstić information content (AvgIpc) is 3.10. The summed E-state index contributed by atoms with van der Waals surface area (Å²) in [6.45, 7) is 6.45. The number of carbonyl (C=O) groups excluding carboxylic acids is 1. The topological polar surface area (TPSA) is 90.9 Å². The molecule has 2 aromatic heterocycles. The highest BCUT2D eigenvalue weighted by atomic mass is 19.1. The fourth-order valence-electron chi connectivity index (χ4n) is 3.32. The molecule has 0 aliphatic carbocycles. The Labute approximate surface area is 173 Å². The van der Waals surface area contributed by atoms with Crippen molar-refractivity contribution in [1.29, 1.82) is 0 Å². The van der Waals surface area contributed by atoms with Crippen molar-refractivity contribution >= 4 is 22.8 Å². The monoisotopic (exact) mass is 415 g/mol. The summed E-state index contributed by atoms with van der Waals surface area (Å²) in [6.07, 6.45) is 3.36. The van der Waals surface area contributed by atoms with E-state index in [1.165, 1.54) is 28.8 Å². The molecule has 1 N–H and O–H groups in total. The van der Waals surface area contributed by atoms with Gasteiger partial charge in [-0.1, -0.05) is 33.3 Å². The number of benzene rings is 1. The van der Waals surface area contributed by atoms with Gasteiger partial charge in [0.05, 0.1) is 6.33 Å². The number of hydrogen-bond acceptors (Lipinski definition) is 4. The number of halogens is 1. The van der Waals surface area contributed by atoms with Gasteiger partial charge in [0, 0.05) is 18.8 Å². The van der Waals surface area contributed by atoms with Crippen LogP contribution in [0.5, 0.6) is 0 Å². The van der Waals surface area contributed by atoms with E-state index in [0.29, 0.717) is 24.3 Å². The molecule has 0 spiro atoms. The van der Waals surface area contributed by atoms with E-state index >= 15 is 0 Å². The minimum atomic E-state index is -0.588.